The van der Waals surface area contributed by atoms with Crippen molar-refractivity contribution in [2.24, 2.45) is 17.3 Å². The molecule has 1 saturated heterocycles. The van der Waals surface area contributed by atoms with Crippen molar-refractivity contribution in [3.05, 3.63) is 71.7 Å². The first-order valence-electron chi connectivity index (χ1n) is 14.2. The standard InChI is InChI=1S/C32H38FN3O3/c1-20(23-5-4-6-24(10-9-23)30-27-14-11-25(33)16-28(27)39-36-30)17-32-21(2)31(32,19-35-32)18-34-29(37)15-22-7-12-26(38-3)13-8-22/h7-8,11-14,16,20,23-24,35H,2,4-6,9-10,15,17-19H2,1,3H3,(H,34,37). The van der Waals surface area contributed by atoms with E-state index in [1.54, 1.807) is 13.2 Å². The van der Waals surface area contributed by atoms with Gasteiger partial charge in [-0.15, -0.1) is 0 Å². The third-order valence-electron chi connectivity index (χ3n) is 9.95. The quantitative estimate of drug-likeness (QED) is 0.265. The lowest BCUT2D eigenvalue weighted by molar-refractivity contribution is -0.120. The Bertz CT molecular complexity index is 1390. The fraction of sp³-hybridized carbons (Fsp3) is 0.500. The average molecular weight is 532 g/mol. The Morgan fingerprint density at radius 1 is 1.23 bits per heavy atom. The number of carbonyl (C=O) groups is 1. The van der Waals surface area contributed by atoms with Crippen molar-refractivity contribution in [3.63, 3.8) is 0 Å². The zero-order chi connectivity index (χ0) is 27.2. The molecule has 2 aliphatic carbocycles. The lowest BCUT2D eigenvalue weighted by atomic mass is 9.78. The number of benzene rings is 2. The van der Waals surface area contributed by atoms with Crippen LogP contribution in [0.15, 0.2) is 59.1 Å². The van der Waals surface area contributed by atoms with Crippen molar-refractivity contribution in [2.75, 3.05) is 20.2 Å². The molecule has 2 heterocycles. The highest BCUT2D eigenvalue weighted by molar-refractivity contribution is 5.80. The van der Waals surface area contributed by atoms with E-state index in [4.69, 9.17) is 9.26 Å². The second-order valence-corrected chi connectivity index (χ2v) is 12.0. The van der Waals surface area contributed by atoms with E-state index in [9.17, 15) is 9.18 Å². The number of methoxy groups -OCH3 is 1. The van der Waals surface area contributed by atoms with Gasteiger partial charge in [0.1, 0.15) is 11.6 Å². The highest BCUT2D eigenvalue weighted by Gasteiger charge is 2.77. The Labute approximate surface area is 229 Å². The molecular weight excluding hydrogens is 493 g/mol. The highest BCUT2D eigenvalue weighted by Crippen LogP contribution is 2.69. The van der Waals surface area contributed by atoms with E-state index in [0.29, 0.717) is 36.3 Å². The van der Waals surface area contributed by atoms with E-state index in [-0.39, 0.29) is 22.7 Å². The molecule has 6 nitrogen and oxygen atoms in total. The maximum atomic E-state index is 13.6. The van der Waals surface area contributed by atoms with Crippen LogP contribution in [0.5, 0.6) is 5.75 Å². The van der Waals surface area contributed by atoms with Gasteiger partial charge in [0.05, 0.1) is 24.8 Å². The van der Waals surface area contributed by atoms with Gasteiger partial charge in [-0.2, -0.15) is 0 Å². The molecule has 1 aromatic heterocycles. The van der Waals surface area contributed by atoms with Gasteiger partial charge in [0.15, 0.2) is 5.58 Å². The number of aromatic nitrogens is 1. The van der Waals surface area contributed by atoms with E-state index in [0.717, 1.165) is 61.0 Å². The van der Waals surface area contributed by atoms with Crippen LogP contribution in [-0.4, -0.2) is 36.8 Å². The predicted molar refractivity (Wildman–Crippen MR) is 149 cm³/mol. The number of ether oxygens (including phenoxy) is 1. The maximum Gasteiger partial charge on any atom is 0.224 e. The summed E-state index contributed by atoms with van der Waals surface area (Å²) in [4.78, 5) is 12.7. The van der Waals surface area contributed by atoms with Gasteiger partial charge in [-0.05, 0) is 72.9 Å². The number of amides is 1. The molecule has 5 unspecified atom stereocenters. The van der Waals surface area contributed by atoms with Gasteiger partial charge in [-0.25, -0.2) is 4.39 Å². The number of fused-ring (bicyclic) bond motifs is 2. The van der Waals surface area contributed by atoms with Crippen molar-refractivity contribution in [1.82, 2.24) is 15.8 Å². The van der Waals surface area contributed by atoms with Crippen LogP contribution in [0.2, 0.25) is 0 Å². The molecule has 1 aliphatic heterocycles. The molecule has 7 heteroatoms. The summed E-state index contributed by atoms with van der Waals surface area (Å²) in [6, 6.07) is 12.4. The summed E-state index contributed by atoms with van der Waals surface area (Å²) >= 11 is 0. The van der Waals surface area contributed by atoms with Gasteiger partial charge in [0, 0.05) is 35.9 Å². The fourth-order valence-electron chi connectivity index (χ4n) is 7.38. The third kappa shape index (κ3) is 4.54. The average Bonchev–Trinajstić information content (AvgIpc) is 3.08. The number of rotatable bonds is 9. The predicted octanol–water partition coefficient (Wildman–Crippen LogP) is 5.92. The van der Waals surface area contributed by atoms with Crippen molar-refractivity contribution >= 4 is 16.9 Å². The van der Waals surface area contributed by atoms with E-state index in [2.05, 4.69) is 29.3 Å². The molecule has 0 radical (unpaired) electrons. The number of nitrogens with zero attached hydrogens (tertiary/aromatic N) is 1. The van der Waals surface area contributed by atoms with Gasteiger partial charge < -0.3 is 19.9 Å². The molecule has 3 aliphatic rings. The van der Waals surface area contributed by atoms with Gasteiger partial charge in [-0.1, -0.05) is 43.6 Å². The Morgan fingerprint density at radius 2 is 2.05 bits per heavy atom. The van der Waals surface area contributed by atoms with Gasteiger partial charge in [0.25, 0.3) is 0 Å². The minimum atomic E-state index is -0.293. The normalized spacial score (nSPS) is 28.7. The van der Waals surface area contributed by atoms with E-state index < -0.39 is 0 Å². The summed E-state index contributed by atoms with van der Waals surface area (Å²) in [6.45, 7) is 8.35. The van der Waals surface area contributed by atoms with Crippen molar-refractivity contribution in [1.29, 1.82) is 0 Å². The molecule has 2 saturated carbocycles. The highest BCUT2D eigenvalue weighted by atomic mass is 19.1. The number of carbonyl (C=O) groups excluding carboxylic acids is 1. The summed E-state index contributed by atoms with van der Waals surface area (Å²) in [5.74, 6) is 2.08. The molecule has 2 N–H and O–H groups in total. The van der Waals surface area contributed by atoms with Crippen molar-refractivity contribution < 1.29 is 18.4 Å². The molecule has 3 fully saturated rings. The lowest BCUT2D eigenvalue weighted by Gasteiger charge is -2.39. The summed E-state index contributed by atoms with van der Waals surface area (Å²) in [7, 11) is 1.64. The molecule has 39 heavy (non-hydrogen) atoms. The minimum Gasteiger partial charge on any atom is -0.497 e. The van der Waals surface area contributed by atoms with E-state index >= 15 is 0 Å². The summed E-state index contributed by atoms with van der Waals surface area (Å²) in [5.41, 5.74) is 3.69. The van der Waals surface area contributed by atoms with Crippen LogP contribution in [0.25, 0.3) is 11.0 Å². The monoisotopic (exact) mass is 531 g/mol. The molecule has 6 rings (SSSR count). The molecule has 0 bridgehead atoms. The number of halogens is 1. The van der Waals surface area contributed by atoms with Crippen LogP contribution >= 0.6 is 0 Å². The largest absolute Gasteiger partial charge is 0.497 e. The molecule has 0 spiro atoms. The third-order valence-corrected chi connectivity index (χ3v) is 9.95. The van der Waals surface area contributed by atoms with Crippen molar-refractivity contribution in [3.8, 4) is 5.75 Å². The van der Waals surface area contributed by atoms with E-state index in [1.165, 1.54) is 24.1 Å². The molecule has 3 aromatic rings. The second-order valence-electron chi connectivity index (χ2n) is 12.0. The Kier molecular flexibility index (Phi) is 6.74. The summed E-state index contributed by atoms with van der Waals surface area (Å²) in [5, 5.41) is 12.2. The molecule has 5 atom stereocenters. The molecule has 2 aromatic carbocycles. The first kappa shape index (κ1) is 26.1. The number of nitrogens with one attached hydrogen (secondary N) is 2. The van der Waals surface area contributed by atoms with Crippen LogP contribution in [0.4, 0.5) is 4.39 Å². The molecule has 206 valence electrons. The fourth-order valence-corrected chi connectivity index (χ4v) is 7.38. The second kappa shape index (κ2) is 10.1. The van der Waals surface area contributed by atoms with Gasteiger partial charge in [-0.3, -0.25) is 4.79 Å². The summed E-state index contributed by atoms with van der Waals surface area (Å²) in [6.07, 6.45) is 7.09. The SMILES string of the molecule is C=C1C2(CNC(=O)Cc3ccc(OC)cc3)CNC12CC(C)C1CCCC(c2noc3cc(F)ccc23)CC1. The minimum absolute atomic E-state index is 0.0149. The topological polar surface area (TPSA) is 76.4 Å². The first-order chi connectivity index (χ1) is 18.8. The van der Waals surface area contributed by atoms with Crippen LogP contribution in [0.3, 0.4) is 0 Å². The molecular formula is C32H38FN3O3. The van der Waals surface area contributed by atoms with Crippen LogP contribution < -0.4 is 15.4 Å². The summed E-state index contributed by atoms with van der Waals surface area (Å²) < 4.78 is 24.3. The van der Waals surface area contributed by atoms with Gasteiger partial charge in [0.2, 0.25) is 5.91 Å². The Balaban J connectivity index is 1.03. The number of hydrogen-bond acceptors (Lipinski definition) is 5. The van der Waals surface area contributed by atoms with E-state index in [1.807, 2.05) is 24.3 Å². The van der Waals surface area contributed by atoms with Crippen LogP contribution in [0.1, 0.15) is 62.6 Å². The van der Waals surface area contributed by atoms with Crippen molar-refractivity contribution in [2.45, 2.75) is 63.3 Å². The van der Waals surface area contributed by atoms with Gasteiger partial charge >= 0.3 is 0 Å². The number of hydrogen-bond donors (Lipinski definition) is 2. The first-order valence-corrected chi connectivity index (χ1v) is 14.2. The lowest BCUT2D eigenvalue weighted by Crippen LogP contribution is -2.57. The Morgan fingerprint density at radius 3 is 2.79 bits per heavy atom. The Hall–Kier alpha value is -3.19. The molecule has 1 amide bonds. The smallest absolute Gasteiger partial charge is 0.224 e. The zero-order valence-electron chi connectivity index (χ0n) is 22.9. The maximum absolute atomic E-state index is 13.6. The van der Waals surface area contributed by atoms with Crippen LogP contribution in [-0.2, 0) is 11.2 Å². The zero-order valence-corrected chi connectivity index (χ0v) is 22.9. The van der Waals surface area contributed by atoms with Crippen LogP contribution in [0, 0.1) is 23.1 Å².